The van der Waals surface area contributed by atoms with Crippen molar-refractivity contribution in [3.63, 3.8) is 0 Å². The Morgan fingerprint density at radius 3 is 2.83 bits per heavy atom. The zero-order valence-electron chi connectivity index (χ0n) is 10.6. The molecule has 0 atom stereocenters. The van der Waals surface area contributed by atoms with E-state index in [9.17, 15) is 4.79 Å². The van der Waals surface area contributed by atoms with Gasteiger partial charge in [-0.15, -0.1) is 0 Å². The summed E-state index contributed by atoms with van der Waals surface area (Å²) in [5.74, 6) is -0.114. The highest BCUT2D eigenvalue weighted by atomic mass is 16.5. The van der Waals surface area contributed by atoms with Crippen LogP contribution in [0, 0.1) is 0 Å². The van der Waals surface area contributed by atoms with Crippen molar-refractivity contribution in [3.8, 4) is 0 Å². The van der Waals surface area contributed by atoms with Crippen molar-refractivity contribution in [1.29, 1.82) is 0 Å². The van der Waals surface area contributed by atoms with Gasteiger partial charge in [0, 0.05) is 32.3 Å². The van der Waals surface area contributed by atoms with Gasteiger partial charge >= 0.3 is 0 Å². The second-order valence-corrected chi connectivity index (χ2v) is 3.91. The van der Waals surface area contributed by atoms with Gasteiger partial charge in [0.25, 0.3) is 5.91 Å². The van der Waals surface area contributed by atoms with E-state index in [1.165, 1.54) is 0 Å². The molecule has 0 radical (unpaired) electrons. The molecule has 1 rings (SSSR count). The smallest absolute Gasteiger partial charge is 0.254 e. The number of carbonyl (C=O) groups excluding carboxylic acids is 1. The number of aliphatic hydroxyl groups excluding tert-OH is 1. The summed E-state index contributed by atoms with van der Waals surface area (Å²) in [7, 11) is 1.58. The van der Waals surface area contributed by atoms with Crippen molar-refractivity contribution in [2.24, 2.45) is 5.73 Å². The minimum atomic E-state index is -0.114. The molecule has 0 fully saturated rings. The molecule has 3 N–H and O–H groups in total. The molecule has 5 nitrogen and oxygen atoms in total. The van der Waals surface area contributed by atoms with E-state index in [1.54, 1.807) is 24.1 Å². The minimum absolute atomic E-state index is 0.0635. The highest BCUT2D eigenvalue weighted by molar-refractivity contribution is 5.94. The molecule has 100 valence electrons. The van der Waals surface area contributed by atoms with Crippen molar-refractivity contribution in [2.45, 2.75) is 6.54 Å². The monoisotopic (exact) mass is 252 g/mol. The van der Waals surface area contributed by atoms with Crippen LogP contribution >= 0.6 is 0 Å². The number of rotatable bonds is 7. The van der Waals surface area contributed by atoms with E-state index >= 15 is 0 Å². The second-order valence-electron chi connectivity index (χ2n) is 3.91. The van der Waals surface area contributed by atoms with Crippen molar-refractivity contribution in [2.75, 3.05) is 33.4 Å². The molecule has 0 spiro atoms. The topological polar surface area (TPSA) is 75.8 Å². The molecule has 1 amide bonds. The standard InChI is InChI=1S/C13H20N2O3/c1-18-8-6-15(5-7-16)13(17)12-4-2-3-11(9-12)10-14/h2-4,9,16H,5-8,10,14H2,1H3. The van der Waals surface area contributed by atoms with E-state index in [2.05, 4.69) is 0 Å². The van der Waals surface area contributed by atoms with Gasteiger partial charge in [-0.2, -0.15) is 0 Å². The van der Waals surface area contributed by atoms with Gasteiger partial charge in [0.2, 0.25) is 0 Å². The van der Waals surface area contributed by atoms with Crippen LogP contribution in [-0.2, 0) is 11.3 Å². The largest absolute Gasteiger partial charge is 0.395 e. The summed E-state index contributed by atoms with van der Waals surface area (Å²) in [6.45, 7) is 1.55. The Kier molecular flexibility index (Phi) is 6.35. The fourth-order valence-corrected chi connectivity index (χ4v) is 1.65. The van der Waals surface area contributed by atoms with Crippen LogP contribution in [0.25, 0.3) is 0 Å². The first-order chi connectivity index (χ1) is 8.72. The summed E-state index contributed by atoms with van der Waals surface area (Å²) in [6.07, 6.45) is 0. The lowest BCUT2D eigenvalue weighted by Gasteiger charge is -2.21. The highest BCUT2D eigenvalue weighted by Crippen LogP contribution is 2.08. The zero-order chi connectivity index (χ0) is 13.4. The Labute approximate surface area is 107 Å². The first-order valence-electron chi connectivity index (χ1n) is 5.91. The molecule has 0 aliphatic carbocycles. The Balaban J connectivity index is 2.79. The molecular formula is C13H20N2O3. The van der Waals surface area contributed by atoms with Crippen LogP contribution in [0.4, 0.5) is 0 Å². The number of benzene rings is 1. The van der Waals surface area contributed by atoms with Gasteiger partial charge in [-0.3, -0.25) is 4.79 Å². The maximum Gasteiger partial charge on any atom is 0.254 e. The molecule has 0 saturated carbocycles. The van der Waals surface area contributed by atoms with E-state index in [0.29, 0.717) is 31.8 Å². The summed E-state index contributed by atoms with van der Waals surface area (Å²) >= 11 is 0. The first kappa shape index (κ1) is 14.6. The van der Waals surface area contributed by atoms with Crippen LogP contribution in [0.3, 0.4) is 0 Å². The van der Waals surface area contributed by atoms with E-state index in [4.69, 9.17) is 15.6 Å². The summed E-state index contributed by atoms with van der Waals surface area (Å²) in [6, 6.07) is 7.21. The highest BCUT2D eigenvalue weighted by Gasteiger charge is 2.15. The minimum Gasteiger partial charge on any atom is -0.395 e. The fraction of sp³-hybridized carbons (Fsp3) is 0.462. The molecule has 18 heavy (non-hydrogen) atoms. The number of hydrogen-bond donors (Lipinski definition) is 2. The summed E-state index contributed by atoms with van der Waals surface area (Å²) in [5, 5.41) is 8.98. The van der Waals surface area contributed by atoms with E-state index in [-0.39, 0.29) is 12.5 Å². The predicted molar refractivity (Wildman–Crippen MR) is 69.2 cm³/mol. The quantitative estimate of drug-likeness (QED) is 0.728. The van der Waals surface area contributed by atoms with Crippen molar-refractivity contribution in [3.05, 3.63) is 35.4 Å². The number of ether oxygens (including phenoxy) is 1. The molecular weight excluding hydrogens is 232 g/mol. The van der Waals surface area contributed by atoms with Gasteiger partial charge in [0.15, 0.2) is 0 Å². The lowest BCUT2D eigenvalue weighted by Crippen LogP contribution is -2.36. The SMILES string of the molecule is COCCN(CCO)C(=O)c1cccc(CN)c1. The number of nitrogens with two attached hydrogens (primary N) is 1. The number of amides is 1. The van der Waals surface area contributed by atoms with E-state index in [1.807, 2.05) is 12.1 Å². The Hall–Kier alpha value is -1.43. The van der Waals surface area contributed by atoms with Gasteiger partial charge in [-0.1, -0.05) is 12.1 Å². The van der Waals surface area contributed by atoms with Crippen LogP contribution in [-0.4, -0.2) is 49.3 Å². The molecule has 0 bridgehead atoms. The summed E-state index contributed by atoms with van der Waals surface area (Å²) in [5.41, 5.74) is 7.05. The number of aliphatic hydroxyl groups is 1. The molecule has 0 aromatic heterocycles. The van der Waals surface area contributed by atoms with Crippen LogP contribution in [0.1, 0.15) is 15.9 Å². The van der Waals surface area contributed by atoms with Crippen LogP contribution < -0.4 is 5.73 Å². The molecule has 1 aromatic rings. The van der Waals surface area contributed by atoms with Crippen LogP contribution in [0.2, 0.25) is 0 Å². The van der Waals surface area contributed by atoms with Crippen LogP contribution in [0.5, 0.6) is 0 Å². The second kappa shape index (κ2) is 7.81. The van der Waals surface area contributed by atoms with E-state index in [0.717, 1.165) is 5.56 Å². The van der Waals surface area contributed by atoms with E-state index < -0.39 is 0 Å². The molecule has 0 heterocycles. The zero-order valence-corrected chi connectivity index (χ0v) is 10.6. The third kappa shape index (κ3) is 4.10. The third-order valence-corrected chi connectivity index (χ3v) is 2.63. The Bertz CT molecular complexity index is 382. The maximum atomic E-state index is 12.2. The van der Waals surface area contributed by atoms with Crippen molar-refractivity contribution >= 4 is 5.91 Å². The Morgan fingerprint density at radius 1 is 1.44 bits per heavy atom. The number of nitrogens with zero attached hydrogens (tertiary/aromatic N) is 1. The van der Waals surface area contributed by atoms with Crippen molar-refractivity contribution in [1.82, 2.24) is 4.90 Å². The summed E-state index contributed by atoms with van der Waals surface area (Å²) in [4.78, 5) is 13.8. The van der Waals surface area contributed by atoms with Gasteiger partial charge in [0.05, 0.1) is 13.2 Å². The van der Waals surface area contributed by atoms with Gasteiger partial charge < -0.3 is 20.5 Å². The van der Waals surface area contributed by atoms with Gasteiger partial charge in [0.1, 0.15) is 0 Å². The average molecular weight is 252 g/mol. The fourth-order valence-electron chi connectivity index (χ4n) is 1.65. The lowest BCUT2D eigenvalue weighted by atomic mass is 10.1. The van der Waals surface area contributed by atoms with Crippen LogP contribution in [0.15, 0.2) is 24.3 Å². The Morgan fingerprint density at radius 2 is 2.22 bits per heavy atom. The molecule has 0 aliphatic rings. The lowest BCUT2D eigenvalue weighted by molar-refractivity contribution is 0.0656. The first-order valence-corrected chi connectivity index (χ1v) is 5.91. The maximum absolute atomic E-state index is 12.2. The molecule has 0 unspecified atom stereocenters. The van der Waals surface area contributed by atoms with Crippen molar-refractivity contribution < 1.29 is 14.6 Å². The molecule has 5 heteroatoms. The third-order valence-electron chi connectivity index (χ3n) is 2.63. The predicted octanol–water partition coefficient (Wildman–Crippen LogP) is 0.226. The molecule has 1 aromatic carbocycles. The number of methoxy groups -OCH3 is 1. The summed E-state index contributed by atoms with van der Waals surface area (Å²) < 4.78 is 4.95. The number of carbonyl (C=O) groups is 1. The molecule has 0 aliphatic heterocycles. The average Bonchev–Trinajstić information content (AvgIpc) is 2.42. The number of hydrogen-bond acceptors (Lipinski definition) is 4. The van der Waals surface area contributed by atoms with Gasteiger partial charge in [-0.05, 0) is 17.7 Å². The van der Waals surface area contributed by atoms with Gasteiger partial charge in [-0.25, -0.2) is 0 Å². The normalized spacial score (nSPS) is 10.4. The molecule has 0 saturated heterocycles.